The Morgan fingerprint density at radius 3 is 2.57 bits per heavy atom. The van der Waals surface area contributed by atoms with E-state index >= 15 is 0 Å². The van der Waals surface area contributed by atoms with E-state index in [2.05, 4.69) is 82.0 Å². The number of morpholine rings is 1. The SMILES string of the molecule is Cc1ccc(C)c(CSc2nnc(N3CCOCC3)n2Cc2ccccc2)c1. The summed E-state index contributed by atoms with van der Waals surface area (Å²) in [7, 11) is 0. The monoisotopic (exact) mass is 394 g/mol. The molecule has 2 aromatic carbocycles. The molecule has 0 amide bonds. The number of benzene rings is 2. The molecule has 0 atom stereocenters. The number of anilines is 1. The fourth-order valence-corrected chi connectivity index (χ4v) is 4.38. The molecule has 1 aliphatic heterocycles. The molecule has 0 saturated carbocycles. The van der Waals surface area contributed by atoms with Crippen LogP contribution in [0, 0.1) is 13.8 Å². The summed E-state index contributed by atoms with van der Waals surface area (Å²) in [6.07, 6.45) is 0. The van der Waals surface area contributed by atoms with Crippen molar-refractivity contribution in [3.05, 3.63) is 70.8 Å². The highest BCUT2D eigenvalue weighted by atomic mass is 32.2. The number of rotatable bonds is 6. The maximum atomic E-state index is 5.51. The van der Waals surface area contributed by atoms with Crippen LogP contribution in [0.4, 0.5) is 5.95 Å². The standard InChI is InChI=1S/C22H26N4OS/c1-17-8-9-18(2)20(14-17)16-28-22-24-23-21(25-10-12-27-13-11-25)26(22)15-19-6-4-3-5-7-19/h3-9,14H,10-13,15-16H2,1-2H3. The number of hydrogen-bond acceptors (Lipinski definition) is 5. The van der Waals surface area contributed by atoms with Gasteiger partial charge in [0.15, 0.2) is 5.16 Å². The van der Waals surface area contributed by atoms with Gasteiger partial charge in [0.05, 0.1) is 19.8 Å². The third-order valence-electron chi connectivity index (χ3n) is 5.04. The van der Waals surface area contributed by atoms with E-state index in [-0.39, 0.29) is 0 Å². The zero-order valence-corrected chi connectivity index (χ0v) is 17.3. The van der Waals surface area contributed by atoms with E-state index in [1.807, 2.05) is 0 Å². The van der Waals surface area contributed by atoms with Crippen LogP contribution in [-0.2, 0) is 17.0 Å². The van der Waals surface area contributed by atoms with Gasteiger partial charge in [-0.2, -0.15) is 0 Å². The van der Waals surface area contributed by atoms with E-state index in [0.717, 1.165) is 49.7 Å². The van der Waals surface area contributed by atoms with Crippen molar-refractivity contribution in [2.45, 2.75) is 31.3 Å². The number of nitrogens with zero attached hydrogens (tertiary/aromatic N) is 4. The molecule has 5 nitrogen and oxygen atoms in total. The Labute approximate surface area is 170 Å². The van der Waals surface area contributed by atoms with Gasteiger partial charge in [0.1, 0.15) is 0 Å². The van der Waals surface area contributed by atoms with Gasteiger partial charge in [0, 0.05) is 18.8 Å². The van der Waals surface area contributed by atoms with Gasteiger partial charge in [-0.25, -0.2) is 0 Å². The molecule has 0 bridgehead atoms. The minimum atomic E-state index is 0.739. The van der Waals surface area contributed by atoms with Crippen molar-refractivity contribution >= 4 is 17.7 Å². The predicted octanol–water partition coefficient (Wildman–Crippen LogP) is 4.07. The lowest BCUT2D eigenvalue weighted by atomic mass is 10.1. The van der Waals surface area contributed by atoms with E-state index in [1.54, 1.807) is 11.8 Å². The van der Waals surface area contributed by atoms with Gasteiger partial charge in [0.25, 0.3) is 0 Å². The third-order valence-corrected chi connectivity index (χ3v) is 6.05. The average Bonchev–Trinajstić information content (AvgIpc) is 3.12. The molecule has 2 heterocycles. The molecular weight excluding hydrogens is 368 g/mol. The zero-order valence-electron chi connectivity index (χ0n) is 16.5. The van der Waals surface area contributed by atoms with Crippen molar-refractivity contribution in [3.63, 3.8) is 0 Å². The first kappa shape index (κ1) is 19.0. The van der Waals surface area contributed by atoms with Crippen LogP contribution in [0.15, 0.2) is 53.7 Å². The van der Waals surface area contributed by atoms with Crippen LogP contribution in [0.1, 0.15) is 22.3 Å². The lowest BCUT2D eigenvalue weighted by Gasteiger charge is -2.28. The van der Waals surface area contributed by atoms with E-state index in [1.165, 1.54) is 22.3 Å². The largest absolute Gasteiger partial charge is 0.378 e. The normalized spacial score (nSPS) is 14.4. The van der Waals surface area contributed by atoms with Gasteiger partial charge < -0.3 is 9.64 Å². The van der Waals surface area contributed by atoms with Gasteiger partial charge in [-0.05, 0) is 30.5 Å². The molecule has 3 aromatic rings. The Hall–Kier alpha value is -2.31. The van der Waals surface area contributed by atoms with Crippen LogP contribution in [-0.4, -0.2) is 41.1 Å². The van der Waals surface area contributed by atoms with Crippen molar-refractivity contribution in [3.8, 4) is 0 Å². The molecule has 1 fully saturated rings. The third kappa shape index (κ3) is 4.39. The van der Waals surface area contributed by atoms with Gasteiger partial charge in [-0.1, -0.05) is 65.9 Å². The number of aromatic nitrogens is 3. The summed E-state index contributed by atoms with van der Waals surface area (Å²) < 4.78 is 7.76. The van der Waals surface area contributed by atoms with Crippen molar-refractivity contribution in [1.29, 1.82) is 0 Å². The van der Waals surface area contributed by atoms with Crippen LogP contribution < -0.4 is 4.90 Å². The predicted molar refractivity (Wildman–Crippen MR) is 114 cm³/mol. The summed E-state index contributed by atoms with van der Waals surface area (Å²) in [5.41, 5.74) is 5.22. The molecule has 28 heavy (non-hydrogen) atoms. The van der Waals surface area contributed by atoms with Crippen molar-refractivity contribution in [2.75, 3.05) is 31.2 Å². The molecule has 1 aliphatic rings. The molecule has 6 heteroatoms. The Balaban J connectivity index is 1.60. The summed E-state index contributed by atoms with van der Waals surface area (Å²) >= 11 is 1.76. The summed E-state index contributed by atoms with van der Waals surface area (Å²) in [4.78, 5) is 2.28. The molecule has 0 N–H and O–H groups in total. The second-order valence-electron chi connectivity index (χ2n) is 7.17. The van der Waals surface area contributed by atoms with E-state index < -0.39 is 0 Å². The topological polar surface area (TPSA) is 43.2 Å². The summed E-state index contributed by atoms with van der Waals surface area (Å²) in [6, 6.07) is 17.1. The van der Waals surface area contributed by atoms with Crippen LogP contribution in [0.5, 0.6) is 0 Å². The highest BCUT2D eigenvalue weighted by molar-refractivity contribution is 7.98. The fraction of sp³-hybridized carbons (Fsp3) is 0.364. The van der Waals surface area contributed by atoms with Crippen LogP contribution >= 0.6 is 11.8 Å². The minimum Gasteiger partial charge on any atom is -0.378 e. The Kier molecular flexibility index (Phi) is 5.98. The Bertz CT molecular complexity index is 920. The minimum absolute atomic E-state index is 0.739. The van der Waals surface area contributed by atoms with Crippen molar-refractivity contribution in [1.82, 2.24) is 14.8 Å². The quantitative estimate of drug-likeness (QED) is 0.590. The average molecular weight is 395 g/mol. The first-order valence-corrected chi connectivity index (χ1v) is 10.7. The summed E-state index contributed by atoms with van der Waals surface area (Å²) in [5.74, 6) is 1.83. The maximum absolute atomic E-state index is 5.51. The molecule has 146 valence electrons. The van der Waals surface area contributed by atoms with Gasteiger partial charge in [-0.15, -0.1) is 10.2 Å². The lowest BCUT2D eigenvalue weighted by molar-refractivity contribution is 0.121. The smallest absolute Gasteiger partial charge is 0.228 e. The first-order valence-electron chi connectivity index (χ1n) is 9.69. The molecule has 0 spiro atoms. The highest BCUT2D eigenvalue weighted by Crippen LogP contribution is 2.28. The second-order valence-corrected chi connectivity index (χ2v) is 8.11. The van der Waals surface area contributed by atoms with E-state index in [0.29, 0.717) is 0 Å². The summed E-state index contributed by atoms with van der Waals surface area (Å²) in [5, 5.41) is 10.1. The molecule has 0 aliphatic carbocycles. The maximum Gasteiger partial charge on any atom is 0.228 e. The molecule has 4 rings (SSSR count). The van der Waals surface area contributed by atoms with Crippen molar-refractivity contribution < 1.29 is 4.74 Å². The molecular formula is C22H26N4OS. The second kappa shape index (κ2) is 8.80. The number of hydrogen-bond donors (Lipinski definition) is 0. The van der Waals surface area contributed by atoms with Crippen LogP contribution in [0.2, 0.25) is 0 Å². The fourth-order valence-electron chi connectivity index (χ4n) is 3.39. The number of ether oxygens (including phenoxy) is 1. The van der Waals surface area contributed by atoms with Gasteiger partial charge >= 0.3 is 0 Å². The highest BCUT2D eigenvalue weighted by Gasteiger charge is 2.21. The number of thioether (sulfide) groups is 1. The molecule has 1 aromatic heterocycles. The molecule has 0 unspecified atom stereocenters. The Morgan fingerprint density at radius 1 is 1.00 bits per heavy atom. The van der Waals surface area contributed by atoms with Gasteiger partial charge in [-0.3, -0.25) is 4.57 Å². The zero-order chi connectivity index (χ0) is 19.3. The van der Waals surface area contributed by atoms with E-state index in [9.17, 15) is 0 Å². The lowest BCUT2D eigenvalue weighted by Crippen LogP contribution is -2.38. The number of aryl methyl sites for hydroxylation is 2. The van der Waals surface area contributed by atoms with Gasteiger partial charge in [0.2, 0.25) is 5.95 Å². The van der Waals surface area contributed by atoms with Crippen molar-refractivity contribution in [2.24, 2.45) is 0 Å². The van der Waals surface area contributed by atoms with Crippen LogP contribution in [0.3, 0.4) is 0 Å². The Morgan fingerprint density at radius 2 is 1.79 bits per heavy atom. The summed E-state index contributed by atoms with van der Waals surface area (Å²) in [6.45, 7) is 8.27. The molecule has 0 radical (unpaired) electrons. The molecule has 1 saturated heterocycles. The first-order chi connectivity index (χ1) is 13.7. The van der Waals surface area contributed by atoms with Crippen LogP contribution in [0.25, 0.3) is 0 Å². The van der Waals surface area contributed by atoms with E-state index in [4.69, 9.17) is 4.74 Å².